The monoisotopic (exact) mass is 408 g/mol. The molecule has 29 heavy (non-hydrogen) atoms. The maximum Gasteiger partial charge on any atom is 0.230 e. The van der Waals surface area contributed by atoms with E-state index in [1.807, 2.05) is 66.7 Å². The Labute approximate surface area is 174 Å². The summed E-state index contributed by atoms with van der Waals surface area (Å²) < 4.78 is 6.17. The van der Waals surface area contributed by atoms with Gasteiger partial charge in [-0.1, -0.05) is 72.3 Å². The maximum absolute atomic E-state index is 13.3. The van der Waals surface area contributed by atoms with Crippen LogP contribution in [0, 0.1) is 11.8 Å². The molecule has 3 aliphatic heterocycles. The van der Waals surface area contributed by atoms with E-state index < -0.39 is 17.4 Å². The van der Waals surface area contributed by atoms with Crippen LogP contribution in [0.5, 0.6) is 0 Å². The van der Waals surface area contributed by atoms with Crippen LogP contribution >= 0.6 is 11.6 Å². The first-order chi connectivity index (χ1) is 14.1. The number of rotatable bonds is 5. The Balaban J connectivity index is 1.34. The lowest BCUT2D eigenvalue weighted by Crippen LogP contribution is -2.43. The molecule has 0 unspecified atom stereocenters. The molecular formula is C23H21ClN2O3. The number of nitrogens with one attached hydrogen (secondary N) is 1. The van der Waals surface area contributed by atoms with Crippen molar-refractivity contribution in [3.8, 4) is 0 Å². The molecule has 4 atom stereocenters. The highest BCUT2D eigenvalue weighted by molar-refractivity contribution is 6.31. The molecule has 5 nitrogen and oxygen atoms in total. The zero-order valence-electron chi connectivity index (χ0n) is 15.8. The zero-order valence-corrected chi connectivity index (χ0v) is 16.5. The summed E-state index contributed by atoms with van der Waals surface area (Å²) in [5, 5.41) is 3.62. The van der Waals surface area contributed by atoms with Gasteiger partial charge < -0.3 is 15.0 Å². The third-order valence-corrected chi connectivity index (χ3v) is 6.48. The van der Waals surface area contributed by atoms with Crippen molar-refractivity contribution in [1.29, 1.82) is 0 Å². The first-order valence-electron chi connectivity index (χ1n) is 9.78. The Morgan fingerprint density at radius 2 is 1.93 bits per heavy atom. The molecule has 2 aromatic carbocycles. The zero-order chi connectivity index (χ0) is 20.0. The summed E-state index contributed by atoms with van der Waals surface area (Å²) in [7, 11) is 0. The molecule has 2 amide bonds. The van der Waals surface area contributed by atoms with Crippen molar-refractivity contribution in [1.82, 2.24) is 10.2 Å². The van der Waals surface area contributed by atoms with Gasteiger partial charge in [-0.2, -0.15) is 0 Å². The maximum atomic E-state index is 13.3. The second-order valence-corrected chi connectivity index (χ2v) is 8.30. The van der Waals surface area contributed by atoms with Crippen LogP contribution in [0.3, 0.4) is 0 Å². The second-order valence-electron chi connectivity index (χ2n) is 7.89. The van der Waals surface area contributed by atoms with Gasteiger partial charge in [0.05, 0.1) is 24.5 Å². The van der Waals surface area contributed by atoms with E-state index in [9.17, 15) is 9.59 Å². The van der Waals surface area contributed by atoms with Crippen LogP contribution in [-0.4, -0.2) is 35.0 Å². The summed E-state index contributed by atoms with van der Waals surface area (Å²) in [5.41, 5.74) is 1.20. The molecule has 3 aliphatic rings. The number of hydrogen-bond donors (Lipinski definition) is 1. The molecule has 0 aromatic heterocycles. The smallest absolute Gasteiger partial charge is 0.230 e. The number of hydrogen-bond acceptors (Lipinski definition) is 3. The topological polar surface area (TPSA) is 58.6 Å². The van der Waals surface area contributed by atoms with E-state index >= 15 is 0 Å². The molecule has 148 valence electrons. The van der Waals surface area contributed by atoms with Gasteiger partial charge in [0.15, 0.2) is 0 Å². The van der Waals surface area contributed by atoms with E-state index in [-0.39, 0.29) is 17.9 Å². The fraction of sp³-hybridized carbons (Fsp3) is 0.304. The summed E-state index contributed by atoms with van der Waals surface area (Å²) in [6.45, 7) is 1.29. The summed E-state index contributed by atoms with van der Waals surface area (Å²) in [5.74, 6) is -1.18. The van der Waals surface area contributed by atoms with Crippen LogP contribution < -0.4 is 5.32 Å². The van der Waals surface area contributed by atoms with Crippen molar-refractivity contribution in [3.05, 3.63) is 82.9 Å². The number of nitrogens with zero attached hydrogens (tertiary/aromatic N) is 1. The number of carbonyl (C=O) groups is 2. The van der Waals surface area contributed by atoms with Crippen LogP contribution in [-0.2, 0) is 27.4 Å². The number of halogens is 1. The van der Waals surface area contributed by atoms with E-state index in [4.69, 9.17) is 16.3 Å². The minimum atomic E-state index is -0.711. The molecule has 6 heteroatoms. The Morgan fingerprint density at radius 3 is 2.72 bits per heavy atom. The van der Waals surface area contributed by atoms with E-state index in [2.05, 4.69) is 5.32 Å². The van der Waals surface area contributed by atoms with Crippen molar-refractivity contribution in [2.24, 2.45) is 11.8 Å². The number of fused-ring (bicyclic) bond motifs is 1. The number of benzene rings is 2. The minimum absolute atomic E-state index is 0.0448. The molecule has 0 aliphatic carbocycles. The van der Waals surface area contributed by atoms with Crippen LogP contribution in [0.4, 0.5) is 0 Å². The summed E-state index contributed by atoms with van der Waals surface area (Å²) >= 11 is 6.28. The molecule has 5 rings (SSSR count). The van der Waals surface area contributed by atoms with Crippen LogP contribution in [0.15, 0.2) is 66.7 Å². The second kappa shape index (κ2) is 7.01. The Bertz CT molecular complexity index is 993. The Kier molecular flexibility index (Phi) is 4.45. The van der Waals surface area contributed by atoms with E-state index in [0.29, 0.717) is 24.7 Å². The average Bonchev–Trinajstić information content (AvgIpc) is 3.37. The van der Waals surface area contributed by atoms with Crippen molar-refractivity contribution < 1.29 is 14.3 Å². The molecule has 2 bridgehead atoms. The predicted molar refractivity (Wildman–Crippen MR) is 109 cm³/mol. The fourth-order valence-corrected chi connectivity index (χ4v) is 4.94. The molecule has 0 saturated carbocycles. The normalized spacial score (nSPS) is 29.3. The largest absolute Gasteiger partial charge is 0.360 e. The molecule has 2 saturated heterocycles. The molecule has 2 fully saturated rings. The van der Waals surface area contributed by atoms with Gasteiger partial charge in [-0.3, -0.25) is 9.59 Å². The minimum Gasteiger partial charge on any atom is -0.360 e. The average molecular weight is 409 g/mol. The molecule has 1 N–H and O–H groups in total. The third-order valence-electron chi connectivity index (χ3n) is 6.11. The Morgan fingerprint density at radius 1 is 1.17 bits per heavy atom. The van der Waals surface area contributed by atoms with Gasteiger partial charge in [-0.05, 0) is 17.2 Å². The van der Waals surface area contributed by atoms with Crippen LogP contribution in [0.2, 0.25) is 5.02 Å². The van der Waals surface area contributed by atoms with Gasteiger partial charge in [0, 0.05) is 18.1 Å². The quantitative estimate of drug-likeness (QED) is 0.774. The van der Waals surface area contributed by atoms with Crippen molar-refractivity contribution in [2.45, 2.75) is 24.8 Å². The molecule has 2 aromatic rings. The highest BCUT2D eigenvalue weighted by Gasteiger charge is 2.66. The highest BCUT2D eigenvalue weighted by Crippen LogP contribution is 2.52. The lowest BCUT2D eigenvalue weighted by Gasteiger charge is -2.23. The van der Waals surface area contributed by atoms with Crippen molar-refractivity contribution in [2.75, 3.05) is 6.54 Å². The number of ether oxygens (including phenoxy) is 1. The van der Waals surface area contributed by atoms with Crippen LogP contribution in [0.1, 0.15) is 11.1 Å². The van der Waals surface area contributed by atoms with Gasteiger partial charge in [0.2, 0.25) is 11.8 Å². The molecule has 3 heterocycles. The van der Waals surface area contributed by atoms with Crippen molar-refractivity contribution >= 4 is 23.4 Å². The first-order valence-corrected chi connectivity index (χ1v) is 10.2. The summed E-state index contributed by atoms with van der Waals surface area (Å²) in [6.07, 6.45) is 3.55. The standard InChI is InChI=1S/C23H21ClN2O3/c24-17-9-5-4-8-16(17)13-26-14-23-11-10-18(29-23)19(20(23)22(26)28)21(27)25-12-15-6-2-1-3-7-15/h1-11,18-20H,12-14H2,(H,25,27)/t18-,19+,20-,23+/m0/s1. The molecule has 1 spiro atoms. The van der Waals surface area contributed by atoms with Gasteiger partial charge >= 0.3 is 0 Å². The van der Waals surface area contributed by atoms with E-state index in [1.165, 1.54) is 0 Å². The summed E-state index contributed by atoms with van der Waals surface area (Å²) in [4.78, 5) is 28.0. The van der Waals surface area contributed by atoms with Crippen molar-refractivity contribution in [3.63, 3.8) is 0 Å². The highest BCUT2D eigenvalue weighted by atomic mass is 35.5. The van der Waals surface area contributed by atoms with E-state index in [1.54, 1.807) is 4.90 Å². The number of carbonyl (C=O) groups excluding carboxylic acids is 2. The molecular weight excluding hydrogens is 388 g/mol. The SMILES string of the molecule is O=C(NCc1ccccc1)[C@@H]1[C@@H]2C=C[C@]3(CN(Cc4ccccc4Cl)C(=O)[C@H]13)O2. The van der Waals surface area contributed by atoms with Crippen LogP contribution in [0.25, 0.3) is 0 Å². The molecule has 0 radical (unpaired) electrons. The Hall–Kier alpha value is -2.63. The van der Waals surface area contributed by atoms with E-state index in [0.717, 1.165) is 11.1 Å². The first kappa shape index (κ1) is 18.4. The van der Waals surface area contributed by atoms with Gasteiger partial charge in [-0.15, -0.1) is 0 Å². The fourth-order valence-electron chi connectivity index (χ4n) is 4.75. The lowest BCUT2D eigenvalue weighted by molar-refractivity contribution is -0.137. The number of amides is 2. The van der Waals surface area contributed by atoms with Gasteiger partial charge in [0.1, 0.15) is 5.60 Å². The lowest BCUT2D eigenvalue weighted by atomic mass is 9.77. The van der Waals surface area contributed by atoms with Gasteiger partial charge in [-0.25, -0.2) is 0 Å². The van der Waals surface area contributed by atoms with Gasteiger partial charge in [0.25, 0.3) is 0 Å². The third kappa shape index (κ3) is 3.05. The number of likely N-dealkylation sites (tertiary alicyclic amines) is 1. The predicted octanol–water partition coefficient (Wildman–Crippen LogP) is 2.94. The summed E-state index contributed by atoms with van der Waals surface area (Å²) in [6, 6.07) is 17.2.